The van der Waals surface area contributed by atoms with E-state index in [1.165, 1.54) is 6.92 Å². The zero-order valence-corrected chi connectivity index (χ0v) is 12.4. The predicted octanol–water partition coefficient (Wildman–Crippen LogP) is 2.18. The van der Waals surface area contributed by atoms with Gasteiger partial charge in [-0.1, -0.05) is 13.8 Å². The third-order valence-corrected chi connectivity index (χ3v) is 4.33. The van der Waals surface area contributed by atoms with Crippen molar-refractivity contribution >= 4 is 15.8 Å². The summed E-state index contributed by atoms with van der Waals surface area (Å²) in [5, 5.41) is -1.08. The van der Waals surface area contributed by atoms with E-state index in [1.54, 1.807) is 20.8 Å². The van der Waals surface area contributed by atoms with Crippen molar-refractivity contribution in [3.8, 4) is 0 Å². The average molecular weight is 264 g/mol. The summed E-state index contributed by atoms with van der Waals surface area (Å²) < 4.78 is 28.8. The van der Waals surface area contributed by atoms with Crippen molar-refractivity contribution in [3.05, 3.63) is 0 Å². The Kier molecular flexibility index (Phi) is 5.65. The molecule has 17 heavy (non-hydrogen) atoms. The van der Waals surface area contributed by atoms with E-state index in [1.807, 2.05) is 13.8 Å². The van der Waals surface area contributed by atoms with Crippen LogP contribution in [0.1, 0.15) is 48.0 Å². The van der Waals surface area contributed by atoms with Crippen LogP contribution < -0.4 is 0 Å². The molecular weight excluding hydrogens is 240 g/mol. The van der Waals surface area contributed by atoms with E-state index in [9.17, 15) is 13.2 Å². The molecule has 0 rings (SSSR count). The Bertz CT molecular complexity index is 349. The van der Waals surface area contributed by atoms with Crippen LogP contribution in [-0.2, 0) is 19.4 Å². The first-order valence-corrected chi connectivity index (χ1v) is 7.61. The Morgan fingerprint density at radius 1 is 1.18 bits per heavy atom. The smallest absolute Gasteiger partial charge is 0.324 e. The van der Waals surface area contributed by atoms with E-state index in [2.05, 4.69) is 0 Å². The summed E-state index contributed by atoms with van der Waals surface area (Å²) in [6.07, 6.45) is 0.565. The first-order chi connectivity index (χ1) is 7.46. The van der Waals surface area contributed by atoms with Gasteiger partial charge in [-0.15, -0.1) is 0 Å². The maximum absolute atomic E-state index is 11.9. The van der Waals surface area contributed by atoms with E-state index in [0.717, 1.165) is 0 Å². The normalized spacial score (nSPS) is 14.8. The summed E-state index contributed by atoms with van der Waals surface area (Å²) in [4.78, 5) is 11.6. The first-order valence-electron chi connectivity index (χ1n) is 5.90. The number of ether oxygens (including phenoxy) is 1. The van der Waals surface area contributed by atoms with E-state index in [4.69, 9.17) is 4.74 Å². The van der Waals surface area contributed by atoms with Crippen molar-refractivity contribution in [3.63, 3.8) is 0 Å². The molecule has 0 aromatic heterocycles. The minimum atomic E-state index is -3.40. The lowest BCUT2D eigenvalue weighted by molar-refractivity contribution is -0.153. The van der Waals surface area contributed by atoms with Crippen LogP contribution in [0.15, 0.2) is 0 Å². The highest BCUT2D eigenvalue weighted by Gasteiger charge is 2.31. The topological polar surface area (TPSA) is 60.4 Å². The molecule has 0 aliphatic carbocycles. The van der Waals surface area contributed by atoms with E-state index in [0.29, 0.717) is 12.3 Å². The van der Waals surface area contributed by atoms with Gasteiger partial charge in [-0.05, 0) is 40.0 Å². The predicted molar refractivity (Wildman–Crippen MR) is 68.5 cm³/mol. The molecule has 5 heteroatoms. The fourth-order valence-corrected chi connectivity index (χ4v) is 2.60. The van der Waals surface area contributed by atoms with Gasteiger partial charge in [0.05, 0.1) is 5.75 Å². The summed E-state index contributed by atoms with van der Waals surface area (Å²) >= 11 is 0. The zero-order chi connectivity index (χ0) is 13.9. The number of sulfone groups is 1. The molecule has 0 aliphatic rings. The van der Waals surface area contributed by atoms with Crippen molar-refractivity contribution in [1.29, 1.82) is 0 Å². The highest BCUT2D eigenvalue weighted by atomic mass is 32.2. The number of hydrogen-bond acceptors (Lipinski definition) is 4. The van der Waals surface area contributed by atoms with Crippen molar-refractivity contribution in [2.45, 2.75) is 58.8 Å². The van der Waals surface area contributed by atoms with Crippen LogP contribution in [0.4, 0.5) is 0 Å². The standard InChI is InChI=1S/C12H24O4S/c1-9(2)7-8-17(14,15)10(3)11(13)16-12(4,5)6/h9-10H,7-8H2,1-6H3. The van der Waals surface area contributed by atoms with Gasteiger partial charge in [0, 0.05) is 0 Å². The molecule has 0 spiro atoms. The molecule has 0 aliphatic heterocycles. The van der Waals surface area contributed by atoms with Crippen molar-refractivity contribution < 1.29 is 17.9 Å². The number of esters is 1. The first kappa shape index (κ1) is 16.4. The average Bonchev–Trinajstić information content (AvgIpc) is 2.11. The zero-order valence-electron chi connectivity index (χ0n) is 11.6. The van der Waals surface area contributed by atoms with Crippen LogP contribution in [0.25, 0.3) is 0 Å². The second-order valence-electron chi connectivity index (χ2n) is 5.73. The number of carbonyl (C=O) groups excluding carboxylic acids is 1. The molecule has 4 nitrogen and oxygen atoms in total. The Morgan fingerprint density at radius 2 is 1.65 bits per heavy atom. The summed E-state index contributed by atoms with van der Waals surface area (Å²) in [5.41, 5.74) is -0.654. The lowest BCUT2D eigenvalue weighted by Gasteiger charge is -2.22. The van der Waals surface area contributed by atoms with Gasteiger partial charge in [0.2, 0.25) is 0 Å². The number of hydrogen-bond donors (Lipinski definition) is 0. The second kappa shape index (κ2) is 5.85. The molecule has 1 atom stereocenters. The molecular formula is C12H24O4S. The minimum Gasteiger partial charge on any atom is -0.459 e. The molecule has 1 unspecified atom stereocenters. The van der Waals surface area contributed by atoms with Gasteiger partial charge in [0.1, 0.15) is 5.60 Å². The van der Waals surface area contributed by atoms with Crippen LogP contribution >= 0.6 is 0 Å². The quantitative estimate of drug-likeness (QED) is 0.714. The molecule has 0 heterocycles. The van der Waals surface area contributed by atoms with Gasteiger partial charge >= 0.3 is 5.97 Å². The monoisotopic (exact) mass is 264 g/mol. The van der Waals surface area contributed by atoms with E-state index < -0.39 is 26.7 Å². The lowest BCUT2D eigenvalue weighted by atomic mass is 10.2. The van der Waals surface area contributed by atoms with E-state index >= 15 is 0 Å². The molecule has 0 aromatic rings. The maximum atomic E-state index is 11.9. The maximum Gasteiger partial charge on any atom is 0.324 e. The fourth-order valence-electron chi connectivity index (χ4n) is 1.11. The summed E-state index contributed by atoms with van der Waals surface area (Å²) in [6.45, 7) is 10.5. The highest BCUT2D eigenvalue weighted by molar-refractivity contribution is 7.92. The van der Waals surface area contributed by atoms with Gasteiger partial charge < -0.3 is 4.74 Å². The lowest BCUT2D eigenvalue weighted by Crippen LogP contribution is -2.36. The van der Waals surface area contributed by atoms with Gasteiger partial charge in [-0.2, -0.15) is 0 Å². The van der Waals surface area contributed by atoms with Crippen LogP contribution in [0.3, 0.4) is 0 Å². The van der Waals surface area contributed by atoms with Crippen molar-refractivity contribution in [2.24, 2.45) is 5.92 Å². The summed E-state index contributed by atoms with van der Waals surface area (Å²) in [7, 11) is -3.40. The molecule has 0 saturated carbocycles. The Labute approximate surface area is 105 Å². The molecule has 0 aromatic carbocycles. The van der Waals surface area contributed by atoms with Crippen molar-refractivity contribution in [1.82, 2.24) is 0 Å². The summed E-state index contributed by atoms with van der Waals surface area (Å²) in [5.74, 6) is -0.331. The molecule has 102 valence electrons. The molecule has 0 N–H and O–H groups in total. The Balaban J connectivity index is 4.58. The molecule has 0 bridgehead atoms. The summed E-state index contributed by atoms with van der Waals surface area (Å²) in [6, 6.07) is 0. The largest absolute Gasteiger partial charge is 0.459 e. The van der Waals surface area contributed by atoms with Crippen molar-refractivity contribution in [2.75, 3.05) is 5.75 Å². The molecule has 0 amide bonds. The molecule has 0 saturated heterocycles. The van der Waals surface area contributed by atoms with E-state index in [-0.39, 0.29) is 5.75 Å². The third-order valence-electron chi connectivity index (χ3n) is 2.26. The Hall–Kier alpha value is -0.580. The third kappa shape index (κ3) is 6.66. The highest BCUT2D eigenvalue weighted by Crippen LogP contribution is 2.14. The van der Waals surface area contributed by atoms with Gasteiger partial charge in [0.25, 0.3) is 0 Å². The SMILES string of the molecule is CC(C)CCS(=O)(=O)C(C)C(=O)OC(C)(C)C. The Morgan fingerprint density at radius 3 is 2.00 bits per heavy atom. The molecule has 0 radical (unpaired) electrons. The fraction of sp³-hybridized carbons (Fsp3) is 0.917. The minimum absolute atomic E-state index is 0.0328. The number of rotatable bonds is 5. The van der Waals surface area contributed by atoms with Gasteiger partial charge in [-0.25, -0.2) is 8.42 Å². The van der Waals surface area contributed by atoms with Crippen LogP contribution in [0.5, 0.6) is 0 Å². The van der Waals surface area contributed by atoms with Crippen LogP contribution in [0.2, 0.25) is 0 Å². The van der Waals surface area contributed by atoms with Gasteiger partial charge in [-0.3, -0.25) is 4.79 Å². The number of carbonyl (C=O) groups is 1. The van der Waals surface area contributed by atoms with Crippen LogP contribution in [-0.4, -0.2) is 31.0 Å². The molecule has 0 fully saturated rings. The van der Waals surface area contributed by atoms with Gasteiger partial charge in [0.15, 0.2) is 15.1 Å². The van der Waals surface area contributed by atoms with Crippen LogP contribution in [0, 0.1) is 5.92 Å². The second-order valence-corrected chi connectivity index (χ2v) is 8.17.